The number of aryl methyl sites for hydroxylation is 2. The van der Waals surface area contributed by atoms with Crippen LogP contribution in [0.25, 0.3) is 0 Å². The van der Waals surface area contributed by atoms with E-state index in [9.17, 15) is 9.59 Å². The van der Waals surface area contributed by atoms with Crippen LogP contribution in [-0.4, -0.2) is 41.5 Å². The first-order valence-corrected chi connectivity index (χ1v) is 11.6. The van der Waals surface area contributed by atoms with Gasteiger partial charge in [0.05, 0.1) is 17.9 Å². The zero-order chi connectivity index (χ0) is 19.5. The number of anilines is 1. The van der Waals surface area contributed by atoms with Gasteiger partial charge in [-0.05, 0) is 61.6 Å². The van der Waals surface area contributed by atoms with Gasteiger partial charge in [-0.1, -0.05) is 6.42 Å². The molecule has 148 valence electrons. The molecule has 2 aromatic rings. The number of hydrogen-bond acceptors (Lipinski definition) is 5. The molecule has 1 unspecified atom stereocenters. The molecule has 28 heavy (non-hydrogen) atoms. The SMILES string of the molecule is COc1ccc(NC(=O)C2CSCN2C(=O)c2cc3c(s2)CCCCC3)cc1. The molecule has 7 heteroatoms. The van der Waals surface area contributed by atoms with Crippen LogP contribution < -0.4 is 10.1 Å². The highest BCUT2D eigenvalue weighted by atomic mass is 32.2. The Hall–Kier alpha value is -1.99. The molecule has 0 bridgehead atoms. The molecule has 1 N–H and O–H groups in total. The van der Waals surface area contributed by atoms with Gasteiger partial charge in [-0.15, -0.1) is 23.1 Å². The highest BCUT2D eigenvalue weighted by molar-refractivity contribution is 7.99. The molecule has 4 rings (SSSR count). The number of nitrogens with one attached hydrogen (secondary N) is 1. The van der Waals surface area contributed by atoms with E-state index >= 15 is 0 Å². The minimum atomic E-state index is -0.443. The molecular formula is C21H24N2O3S2. The van der Waals surface area contributed by atoms with Gasteiger partial charge in [-0.25, -0.2) is 0 Å². The van der Waals surface area contributed by atoms with Crippen molar-refractivity contribution in [1.82, 2.24) is 4.90 Å². The van der Waals surface area contributed by atoms with E-state index in [1.54, 1.807) is 59.4 Å². The summed E-state index contributed by atoms with van der Waals surface area (Å²) in [6.45, 7) is 0. The molecule has 1 fully saturated rings. The van der Waals surface area contributed by atoms with E-state index in [4.69, 9.17) is 4.74 Å². The van der Waals surface area contributed by atoms with Crippen LogP contribution in [0.1, 0.15) is 39.4 Å². The first-order chi connectivity index (χ1) is 13.7. The number of rotatable bonds is 4. The first-order valence-electron chi connectivity index (χ1n) is 9.61. The number of hydrogen-bond donors (Lipinski definition) is 1. The molecule has 2 heterocycles. The van der Waals surface area contributed by atoms with Gasteiger partial charge in [0.2, 0.25) is 5.91 Å². The molecule has 1 aliphatic carbocycles. The number of thioether (sulfide) groups is 1. The highest BCUT2D eigenvalue weighted by Gasteiger charge is 2.36. The lowest BCUT2D eigenvalue weighted by molar-refractivity contribution is -0.119. The van der Waals surface area contributed by atoms with E-state index in [0.717, 1.165) is 23.5 Å². The lowest BCUT2D eigenvalue weighted by Crippen LogP contribution is -2.44. The van der Waals surface area contributed by atoms with Gasteiger partial charge in [-0.3, -0.25) is 9.59 Å². The molecule has 0 spiro atoms. The Balaban J connectivity index is 1.46. The second-order valence-corrected chi connectivity index (χ2v) is 9.26. The molecule has 1 aromatic carbocycles. The van der Waals surface area contributed by atoms with Gasteiger partial charge in [-0.2, -0.15) is 0 Å². The third kappa shape index (κ3) is 4.05. The number of methoxy groups -OCH3 is 1. The predicted octanol–water partition coefficient (Wildman–Crippen LogP) is 4.18. The van der Waals surface area contributed by atoms with Crippen LogP contribution in [0, 0.1) is 0 Å². The van der Waals surface area contributed by atoms with Gasteiger partial charge in [0.1, 0.15) is 11.8 Å². The van der Waals surface area contributed by atoms with Crippen LogP contribution in [0.3, 0.4) is 0 Å². The van der Waals surface area contributed by atoms with Crippen LogP contribution in [0.4, 0.5) is 5.69 Å². The third-order valence-electron chi connectivity index (χ3n) is 5.26. The molecule has 0 saturated carbocycles. The summed E-state index contributed by atoms with van der Waals surface area (Å²) in [5.74, 6) is 1.77. The number of fused-ring (bicyclic) bond motifs is 1. The maximum absolute atomic E-state index is 13.1. The molecule has 5 nitrogen and oxygen atoms in total. The van der Waals surface area contributed by atoms with Crippen molar-refractivity contribution in [3.05, 3.63) is 45.6 Å². The molecule has 2 aliphatic rings. The Morgan fingerprint density at radius 3 is 2.71 bits per heavy atom. The second kappa shape index (κ2) is 8.57. The zero-order valence-electron chi connectivity index (χ0n) is 15.9. The summed E-state index contributed by atoms with van der Waals surface area (Å²) < 4.78 is 5.15. The largest absolute Gasteiger partial charge is 0.497 e. The van der Waals surface area contributed by atoms with Crippen molar-refractivity contribution < 1.29 is 14.3 Å². The Bertz CT molecular complexity index is 840. The second-order valence-electron chi connectivity index (χ2n) is 7.13. The van der Waals surface area contributed by atoms with E-state index < -0.39 is 6.04 Å². The number of carbonyl (C=O) groups is 2. The van der Waals surface area contributed by atoms with E-state index in [0.29, 0.717) is 17.3 Å². The van der Waals surface area contributed by atoms with Gasteiger partial charge >= 0.3 is 0 Å². The standard InChI is InChI=1S/C21H24N2O3S2/c1-26-16-9-7-15(8-10-16)22-20(24)17-12-27-13-23(17)21(25)19-11-14-5-3-2-4-6-18(14)28-19/h7-11,17H,2-6,12-13H2,1H3,(H,22,24). The summed E-state index contributed by atoms with van der Waals surface area (Å²) in [6, 6.07) is 8.85. The number of nitrogens with zero attached hydrogens (tertiary/aromatic N) is 1. The molecule has 1 aliphatic heterocycles. The summed E-state index contributed by atoms with van der Waals surface area (Å²) in [5, 5.41) is 2.93. The van der Waals surface area contributed by atoms with Gasteiger partial charge in [0.25, 0.3) is 5.91 Å². The van der Waals surface area contributed by atoms with E-state index in [2.05, 4.69) is 11.4 Å². The van der Waals surface area contributed by atoms with Crippen molar-refractivity contribution in [3.63, 3.8) is 0 Å². The highest BCUT2D eigenvalue weighted by Crippen LogP contribution is 2.32. The van der Waals surface area contributed by atoms with Crippen LogP contribution in [-0.2, 0) is 17.6 Å². The number of thiophene rings is 1. The molecule has 1 aromatic heterocycles. The van der Waals surface area contributed by atoms with Crippen LogP contribution in [0.5, 0.6) is 5.75 Å². The van der Waals surface area contributed by atoms with E-state index in [-0.39, 0.29) is 11.8 Å². The average Bonchev–Trinajstić information content (AvgIpc) is 3.31. The summed E-state index contributed by atoms with van der Waals surface area (Å²) in [5.41, 5.74) is 2.04. The summed E-state index contributed by atoms with van der Waals surface area (Å²) in [6.07, 6.45) is 5.80. The maximum Gasteiger partial charge on any atom is 0.265 e. The van der Waals surface area contributed by atoms with Crippen molar-refractivity contribution in [2.24, 2.45) is 0 Å². The Morgan fingerprint density at radius 1 is 1.14 bits per heavy atom. The van der Waals surface area contributed by atoms with Gasteiger partial charge < -0.3 is 15.0 Å². The fraction of sp³-hybridized carbons (Fsp3) is 0.429. The van der Waals surface area contributed by atoms with Gasteiger partial charge in [0.15, 0.2) is 0 Å². The van der Waals surface area contributed by atoms with E-state index in [1.165, 1.54) is 29.7 Å². The van der Waals surface area contributed by atoms with Crippen molar-refractivity contribution in [1.29, 1.82) is 0 Å². The fourth-order valence-corrected chi connectivity index (χ4v) is 6.04. The zero-order valence-corrected chi connectivity index (χ0v) is 17.5. The summed E-state index contributed by atoms with van der Waals surface area (Å²) >= 11 is 3.24. The quantitative estimate of drug-likeness (QED) is 0.760. The Morgan fingerprint density at radius 2 is 1.93 bits per heavy atom. The van der Waals surface area contributed by atoms with Crippen molar-refractivity contribution >= 4 is 40.6 Å². The molecule has 2 amide bonds. The lowest BCUT2D eigenvalue weighted by atomic mass is 10.1. The maximum atomic E-state index is 13.1. The Kier molecular flexibility index (Phi) is 5.92. The van der Waals surface area contributed by atoms with Crippen molar-refractivity contribution in [3.8, 4) is 5.75 Å². The van der Waals surface area contributed by atoms with Gasteiger partial charge in [0, 0.05) is 16.3 Å². The topological polar surface area (TPSA) is 58.6 Å². The fourth-order valence-electron chi connectivity index (χ4n) is 3.67. The van der Waals surface area contributed by atoms with Crippen molar-refractivity contribution in [2.75, 3.05) is 24.1 Å². The molecule has 1 saturated heterocycles. The first kappa shape index (κ1) is 19.3. The third-order valence-corrected chi connectivity index (χ3v) is 7.50. The van der Waals surface area contributed by atoms with Crippen LogP contribution in [0.2, 0.25) is 0 Å². The summed E-state index contributed by atoms with van der Waals surface area (Å²) in [4.78, 5) is 29.8. The number of benzene rings is 1. The average molecular weight is 417 g/mol. The number of amides is 2. The Labute approximate surface area is 173 Å². The number of ether oxygens (including phenoxy) is 1. The molecule has 0 radical (unpaired) electrons. The normalized spacial score (nSPS) is 19.0. The molecular weight excluding hydrogens is 392 g/mol. The van der Waals surface area contributed by atoms with Crippen LogP contribution in [0.15, 0.2) is 30.3 Å². The monoisotopic (exact) mass is 416 g/mol. The minimum Gasteiger partial charge on any atom is -0.497 e. The van der Waals surface area contributed by atoms with Crippen molar-refractivity contribution in [2.45, 2.75) is 38.1 Å². The minimum absolute atomic E-state index is 0.0158. The van der Waals surface area contributed by atoms with Crippen LogP contribution >= 0.6 is 23.1 Å². The van der Waals surface area contributed by atoms with E-state index in [1.807, 2.05) is 0 Å². The molecule has 1 atom stereocenters. The number of carbonyl (C=O) groups excluding carboxylic acids is 2. The predicted molar refractivity (Wildman–Crippen MR) is 114 cm³/mol. The summed E-state index contributed by atoms with van der Waals surface area (Å²) in [7, 11) is 1.61. The smallest absolute Gasteiger partial charge is 0.265 e. The lowest BCUT2D eigenvalue weighted by Gasteiger charge is -2.22.